The summed E-state index contributed by atoms with van der Waals surface area (Å²) in [5, 5.41) is 4.15. The lowest BCUT2D eigenvalue weighted by Crippen LogP contribution is -1.99. The van der Waals surface area contributed by atoms with E-state index in [1.54, 1.807) is 0 Å². The normalized spacial score (nSPS) is 15.1. The Morgan fingerprint density at radius 1 is 1.27 bits per heavy atom. The molecule has 1 aromatic rings. The van der Waals surface area contributed by atoms with Crippen LogP contribution in [0.5, 0.6) is 0 Å². The maximum Gasteiger partial charge on any atom is 0.0542 e. The van der Waals surface area contributed by atoms with Gasteiger partial charge in [-0.1, -0.05) is 11.6 Å². The molecule has 1 N–H and O–H groups in total. The quantitative estimate of drug-likeness (QED) is 0.720. The molecule has 0 amide bonds. The van der Waals surface area contributed by atoms with Gasteiger partial charge in [-0.25, -0.2) is 0 Å². The molecule has 0 fully saturated rings. The number of hydrogen-bond donors (Lipinski definition) is 1. The molecule has 1 aliphatic rings. The van der Waals surface area contributed by atoms with E-state index in [0.29, 0.717) is 0 Å². The highest BCUT2D eigenvalue weighted by Crippen LogP contribution is 2.25. The summed E-state index contributed by atoms with van der Waals surface area (Å²) in [5.74, 6) is 0. The Morgan fingerprint density at radius 2 is 1.91 bits per heavy atom. The molecule has 0 saturated heterocycles. The van der Waals surface area contributed by atoms with Crippen molar-refractivity contribution in [2.24, 2.45) is 0 Å². The number of rotatable bonds is 0. The lowest BCUT2D eigenvalue weighted by Gasteiger charge is -2.00. The van der Waals surface area contributed by atoms with Crippen molar-refractivity contribution in [3.8, 4) is 0 Å². The van der Waals surface area contributed by atoms with Gasteiger partial charge in [0.1, 0.15) is 0 Å². The Balaban J connectivity index is 2.57. The summed E-state index contributed by atoms with van der Waals surface area (Å²) >= 11 is 8.22. The molecule has 11 heavy (non-hydrogen) atoms. The van der Waals surface area contributed by atoms with Gasteiger partial charge in [-0.3, -0.25) is 0 Å². The summed E-state index contributed by atoms with van der Waals surface area (Å²) < 4.78 is 1.15. The molecule has 0 atom stereocenters. The van der Waals surface area contributed by atoms with Gasteiger partial charge in [0.05, 0.1) is 5.02 Å². The Kier molecular flexibility index (Phi) is 2.08. The number of nitrogens with one attached hydrogen (secondary N) is 1. The van der Waals surface area contributed by atoms with Crippen molar-refractivity contribution in [3.63, 3.8) is 0 Å². The molecule has 0 saturated carbocycles. The third-order valence-corrected chi connectivity index (χ3v) is 3.40. The number of halogens is 2. The van der Waals surface area contributed by atoms with E-state index in [0.717, 1.165) is 21.7 Å². The van der Waals surface area contributed by atoms with Crippen LogP contribution in [0.4, 0.5) is 0 Å². The number of hydrogen-bond acceptors (Lipinski definition) is 1. The van der Waals surface area contributed by atoms with Crippen LogP contribution in [0, 0.1) is 3.57 Å². The van der Waals surface area contributed by atoms with Crippen molar-refractivity contribution in [1.82, 2.24) is 5.32 Å². The summed E-state index contributed by atoms with van der Waals surface area (Å²) in [6, 6.07) is 4.21. The fourth-order valence-electron chi connectivity index (χ4n) is 1.29. The highest BCUT2D eigenvalue weighted by molar-refractivity contribution is 14.1. The van der Waals surface area contributed by atoms with E-state index in [4.69, 9.17) is 11.6 Å². The first-order chi connectivity index (χ1) is 5.27. The molecule has 1 heterocycles. The van der Waals surface area contributed by atoms with E-state index in [1.165, 1.54) is 11.1 Å². The summed E-state index contributed by atoms with van der Waals surface area (Å²) in [6.45, 7) is 1.95. The molecule has 2 rings (SSSR count). The molecule has 1 nitrogen and oxygen atoms in total. The first-order valence-corrected chi connectivity index (χ1v) is 4.90. The van der Waals surface area contributed by atoms with Crippen LogP contribution < -0.4 is 5.32 Å². The summed E-state index contributed by atoms with van der Waals surface area (Å²) in [4.78, 5) is 0. The second kappa shape index (κ2) is 2.92. The van der Waals surface area contributed by atoms with Gasteiger partial charge in [0.15, 0.2) is 0 Å². The van der Waals surface area contributed by atoms with Crippen LogP contribution in [0.3, 0.4) is 0 Å². The zero-order valence-electron chi connectivity index (χ0n) is 5.82. The predicted molar refractivity (Wildman–Crippen MR) is 54.7 cm³/mol. The van der Waals surface area contributed by atoms with Gasteiger partial charge < -0.3 is 5.32 Å². The molecule has 1 aromatic carbocycles. The highest BCUT2D eigenvalue weighted by atomic mass is 127. The average molecular weight is 280 g/mol. The molecule has 0 bridgehead atoms. The Labute approximate surface area is 84.3 Å². The van der Waals surface area contributed by atoms with Gasteiger partial charge in [-0.2, -0.15) is 0 Å². The molecule has 0 aromatic heterocycles. The van der Waals surface area contributed by atoms with Gasteiger partial charge in [-0.15, -0.1) is 0 Å². The van der Waals surface area contributed by atoms with Crippen LogP contribution >= 0.6 is 34.2 Å². The van der Waals surface area contributed by atoms with E-state index in [1.807, 2.05) is 0 Å². The van der Waals surface area contributed by atoms with Crippen molar-refractivity contribution in [1.29, 1.82) is 0 Å². The maximum absolute atomic E-state index is 5.96. The van der Waals surface area contributed by atoms with Gasteiger partial charge in [-0.05, 0) is 45.9 Å². The lowest BCUT2D eigenvalue weighted by molar-refractivity contribution is 0.765. The van der Waals surface area contributed by atoms with Crippen LogP contribution in [0.2, 0.25) is 5.02 Å². The molecular formula is C8H7ClIN. The van der Waals surface area contributed by atoms with Crippen LogP contribution in [0.15, 0.2) is 12.1 Å². The SMILES string of the molecule is Clc1cc2c(cc1I)CNC2. The molecule has 0 radical (unpaired) electrons. The smallest absolute Gasteiger partial charge is 0.0542 e. The molecular weight excluding hydrogens is 272 g/mol. The zero-order valence-corrected chi connectivity index (χ0v) is 8.74. The van der Waals surface area contributed by atoms with Crippen LogP contribution in [0.1, 0.15) is 11.1 Å². The van der Waals surface area contributed by atoms with Gasteiger partial charge in [0.25, 0.3) is 0 Å². The number of fused-ring (bicyclic) bond motifs is 1. The third kappa shape index (κ3) is 1.39. The summed E-state index contributed by atoms with van der Waals surface area (Å²) in [5.41, 5.74) is 2.73. The minimum atomic E-state index is 0.869. The topological polar surface area (TPSA) is 12.0 Å². The second-order valence-corrected chi connectivity index (χ2v) is 4.21. The van der Waals surface area contributed by atoms with Crippen LogP contribution in [0.25, 0.3) is 0 Å². The van der Waals surface area contributed by atoms with Crippen LogP contribution in [-0.4, -0.2) is 0 Å². The van der Waals surface area contributed by atoms with Gasteiger partial charge >= 0.3 is 0 Å². The van der Waals surface area contributed by atoms with Crippen molar-refractivity contribution in [2.45, 2.75) is 13.1 Å². The number of benzene rings is 1. The molecule has 0 unspecified atom stereocenters. The Bertz CT molecular complexity index is 269. The average Bonchev–Trinajstić information content (AvgIpc) is 2.36. The van der Waals surface area contributed by atoms with E-state index in [-0.39, 0.29) is 0 Å². The third-order valence-electron chi connectivity index (χ3n) is 1.87. The van der Waals surface area contributed by atoms with Crippen molar-refractivity contribution >= 4 is 34.2 Å². The van der Waals surface area contributed by atoms with Gasteiger partial charge in [0, 0.05) is 16.7 Å². The minimum absolute atomic E-state index is 0.869. The molecule has 0 spiro atoms. The molecule has 58 valence electrons. The Morgan fingerprint density at radius 3 is 2.64 bits per heavy atom. The fourth-order valence-corrected chi connectivity index (χ4v) is 2.01. The van der Waals surface area contributed by atoms with Crippen molar-refractivity contribution in [3.05, 3.63) is 31.9 Å². The van der Waals surface area contributed by atoms with E-state index < -0.39 is 0 Å². The monoisotopic (exact) mass is 279 g/mol. The van der Waals surface area contributed by atoms with E-state index in [2.05, 4.69) is 40.0 Å². The largest absolute Gasteiger partial charge is 0.309 e. The van der Waals surface area contributed by atoms with Crippen LogP contribution in [-0.2, 0) is 13.1 Å². The summed E-state index contributed by atoms with van der Waals surface area (Å²) in [7, 11) is 0. The first kappa shape index (κ1) is 7.83. The van der Waals surface area contributed by atoms with Gasteiger partial charge in [0.2, 0.25) is 0 Å². The summed E-state index contributed by atoms with van der Waals surface area (Å²) in [6.07, 6.45) is 0. The highest BCUT2D eigenvalue weighted by Gasteiger charge is 2.11. The zero-order chi connectivity index (χ0) is 7.84. The maximum atomic E-state index is 5.96. The molecule has 0 aliphatic carbocycles. The standard InChI is InChI=1S/C8H7ClIN/c9-7-1-5-3-11-4-6(5)2-8(7)10/h1-2,11H,3-4H2. The molecule has 3 heteroatoms. The Hall–Kier alpha value is 0.200. The van der Waals surface area contributed by atoms with E-state index in [9.17, 15) is 0 Å². The molecule has 1 aliphatic heterocycles. The lowest BCUT2D eigenvalue weighted by atomic mass is 10.1. The van der Waals surface area contributed by atoms with Crippen molar-refractivity contribution < 1.29 is 0 Å². The fraction of sp³-hybridized carbons (Fsp3) is 0.250. The van der Waals surface area contributed by atoms with Crippen molar-refractivity contribution in [2.75, 3.05) is 0 Å². The van der Waals surface area contributed by atoms with E-state index >= 15 is 0 Å². The second-order valence-electron chi connectivity index (χ2n) is 2.64. The first-order valence-electron chi connectivity index (χ1n) is 3.45. The minimum Gasteiger partial charge on any atom is -0.309 e. The predicted octanol–water partition coefficient (Wildman–Crippen LogP) is 2.55.